The van der Waals surface area contributed by atoms with Gasteiger partial charge in [0.05, 0.1) is 31.8 Å². The molecule has 3 aromatic rings. The first-order chi connectivity index (χ1) is 15.0. The third kappa shape index (κ3) is 4.78. The lowest BCUT2D eigenvalue weighted by Crippen LogP contribution is -2.43. The molecule has 1 fully saturated rings. The molecule has 0 bridgehead atoms. The Hall–Kier alpha value is -3.16. The van der Waals surface area contributed by atoms with Gasteiger partial charge in [0, 0.05) is 25.7 Å². The third-order valence-corrected chi connectivity index (χ3v) is 5.55. The standard InChI is InChI=1S/C24H26N2O5/c1-16-3-8-19-21(27)14-23(31-22(19)13-16)24(28)25-15-20(26-9-11-30-12-10-26)17-4-6-18(29-2)7-5-17/h3-8,13-14,20H,9-12,15H2,1-2H3,(H,25,28)/t20-/m0/s1. The molecule has 1 aromatic heterocycles. The summed E-state index contributed by atoms with van der Waals surface area (Å²) in [6.45, 7) is 5.14. The van der Waals surface area contributed by atoms with Gasteiger partial charge in [-0.15, -0.1) is 0 Å². The van der Waals surface area contributed by atoms with Gasteiger partial charge in [0.1, 0.15) is 11.3 Å². The number of morpholine rings is 1. The largest absolute Gasteiger partial charge is 0.497 e. The minimum atomic E-state index is -0.410. The number of ether oxygens (including phenoxy) is 2. The monoisotopic (exact) mass is 422 g/mol. The van der Waals surface area contributed by atoms with E-state index in [0.29, 0.717) is 30.7 Å². The van der Waals surface area contributed by atoms with Gasteiger partial charge in [0.2, 0.25) is 0 Å². The van der Waals surface area contributed by atoms with E-state index in [1.54, 1.807) is 19.2 Å². The van der Waals surface area contributed by atoms with Gasteiger partial charge in [-0.2, -0.15) is 0 Å². The third-order valence-electron chi connectivity index (χ3n) is 5.55. The van der Waals surface area contributed by atoms with Crippen molar-refractivity contribution in [2.24, 2.45) is 0 Å². The SMILES string of the molecule is COc1ccc([C@H](CNC(=O)c2cc(=O)c3ccc(C)cc3o2)N2CCOCC2)cc1. The zero-order valence-corrected chi connectivity index (χ0v) is 17.7. The fraction of sp³-hybridized carbons (Fsp3) is 0.333. The predicted octanol–water partition coefficient (Wildman–Crippen LogP) is 2.91. The maximum absolute atomic E-state index is 12.8. The number of hydrogen-bond acceptors (Lipinski definition) is 6. The van der Waals surface area contributed by atoms with E-state index in [-0.39, 0.29) is 17.2 Å². The van der Waals surface area contributed by atoms with E-state index in [9.17, 15) is 9.59 Å². The summed E-state index contributed by atoms with van der Waals surface area (Å²) in [7, 11) is 1.63. The van der Waals surface area contributed by atoms with Crippen LogP contribution in [0.3, 0.4) is 0 Å². The number of carbonyl (C=O) groups excluding carboxylic acids is 1. The Kier molecular flexibility index (Phi) is 6.34. The summed E-state index contributed by atoms with van der Waals surface area (Å²) in [6.07, 6.45) is 0. The molecule has 0 aliphatic carbocycles. The minimum absolute atomic E-state index is 0.0126. The first-order valence-corrected chi connectivity index (χ1v) is 10.3. The second-order valence-corrected chi connectivity index (χ2v) is 7.62. The van der Waals surface area contributed by atoms with Crippen LogP contribution in [0, 0.1) is 6.92 Å². The summed E-state index contributed by atoms with van der Waals surface area (Å²) in [5.41, 5.74) is 2.21. The molecule has 31 heavy (non-hydrogen) atoms. The predicted molar refractivity (Wildman–Crippen MR) is 118 cm³/mol. The number of rotatable bonds is 6. The Morgan fingerprint density at radius 2 is 1.87 bits per heavy atom. The molecule has 1 atom stereocenters. The van der Waals surface area contributed by atoms with Crippen molar-refractivity contribution in [2.45, 2.75) is 13.0 Å². The molecule has 0 spiro atoms. The molecule has 4 rings (SSSR count). The molecule has 7 heteroatoms. The van der Waals surface area contributed by atoms with Gasteiger partial charge in [-0.3, -0.25) is 14.5 Å². The van der Waals surface area contributed by atoms with Crippen molar-refractivity contribution in [1.82, 2.24) is 10.2 Å². The molecular formula is C24H26N2O5. The van der Waals surface area contributed by atoms with Crippen molar-refractivity contribution >= 4 is 16.9 Å². The molecule has 7 nitrogen and oxygen atoms in total. The van der Waals surface area contributed by atoms with Crippen LogP contribution in [-0.4, -0.2) is 50.8 Å². The Labute approximate surface area is 180 Å². The zero-order chi connectivity index (χ0) is 21.8. The lowest BCUT2D eigenvalue weighted by Gasteiger charge is -2.35. The quantitative estimate of drug-likeness (QED) is 0.658. The highest BCUT2D eigenvalue weighted by atomic mass is 16.5. The smallest absolute Gasteiger partial charge is 0.287 e. The lowest BCUT2D eigenvalue weighted by molar-refractivity contribution is 0.0161. The van der Waals surface area contributed by atoms with Gasteiger partial charge < -0.3 is 19.2 Å². The van der Waals surface area contributed by atoms with Crippen molar-refractivity contribution in [2.75, 3.05) is 40.0 Å². The number of fused-ring (bicyclic) bond motifs is 1. The van der Waals surface area contributed by atoms with Crippen LogP contribution in [-0.2, 0) is 4.74 Å². The number of carbonyl (C=O) groups is 1. The highest BCUT2D eigenvalue weighted by Gasteiger charge is 2.24. The number of nitrogens with one attached hydrogen (secondary N) is 1. The summed E-state index contributed by atoms with van der Waals surface area (Å²) < 4.78 is 16.5. The van der Waals surface area contributed by atoms with Crippen LogP contribution >= 0.6 is 0 Å². The maximum atomic E-state index is 12.8. The zero-order valence-electron chi connectivity index (χ0n) is 17.7. The van der Waals surface area contributed by atoms with Crippen LogP contribution in [0.1, 0.15) is 27.7 Å². The Balaban J connectivity index is 1.55. The first kappa shape index (κ1) is 21.1. The normalized spacial score (nSPS) is 15.5. The van der Waals surface area contributed by atoms with Crippen LogP contribution in [0.15, 0.2) is 57.7 Å². The van der Waals surface area contributed by atoms with Crippen molar-refractivity contribution in [1.29, 1.82) is 0 Å². The van der Waals surface area contributed by atoms with Crippen molar-refractivity contribution < 1.29 is 18.7 Å². The summed E-state index contributed by atoms with van der Waals surface area (Å²) >= 11 is 0. The van der Waals surface area contributed by atoms with Gasteiger partial charge in [-0.1, -0.05) is 18.2 Å². The molecule has 1 aliphatic rings. The second-order valence-electron chi connectivity index (χ2n) is 7.62. The Bertz CT molecular complexity index is 1120. The van der Waals surface area contributed by atoms with E-state index in [1.165, 1.54) is 6.07 Å². The van der Waals surface area contributed by atoms with E-state index >= 15 is 0 Å². The number of aryl methyl sites for hydroxylation is 1. The molecule has 1 N–H and O–H groups in total. The summed E-state index contributed by atoms with van der Waals surface area (Å²) in [5, 5.41) is 3.41. The molecule has 0 saturated carbocycles. The van der Waals surface area contributed by atoms with Gasteiger partial charge >= 0.3 is 0 Å². The van der Waals surface area contributed by atoms with E-state index in [1.807, 2.05) is 37.3 Å². The molecule has 1 saturated heterocycles. The molecule has 1 amide bonds. The van der Waals surface area contributed by atoms with Crippen LogP contribution in [0.4, 0.5) is 0 Å². The highest BCUT2D eigenvalue weighted by Crippen LogP contribution is 2.24. The van der Waals surface area contributed by atoms with E-state index in [4.69, 9.17) is 13.9 Å². The average molecular weight is 422 g/mol. The fourth-order valence-corrected chi connectivity index (χ4v) is 3.82. The van der Waals surface area contributed by atoms with Crippen molar-refractivity contribution in [3.8, 4) is 5.75 Å². The van der Waals surface area contributed by atoms with E-state index in [2.05, 4.69) is 10.2 Å². The molecule has 2 heterocycles. The number of nitrogens with zero attached hydrogens (tertiary/aromatic N) is 1. The van der Waals surface area contributed by atoms with Gasteiger partial charge in [-0.25, -0.2) is 0 Å². The average Bonchev–Trinajstić information content (AvgIpc) is 2.79. The maximum Gasteiger partial charge on any atom is 0.287 e. The van der Waals surface area contributed by atoms with Crippen LogP contribution < -0.4 is 15.5 Å². The lowest BCUT2D eigenvalue weighted by atomic mass is 10.0. The van der Waals surface area contributed by atoms with E-state index < -0.39 is 5.91 Å². The van der Waals surface area contributed by atoms with Crippen molar-refractivity contribution in [3.63, 3.8) is 0 Å². The molecule has 0 radical (unpaired) electrons. The Morgan fingerprint density at radius 1 is 1.13 bits per heavy atom. The van der Waals surface area contributed by atoms with Crippen LogP contribution in [0.5, 0.6) is 5.75 Å². The van der Waals surface area contributed by atoms with Crippen molar-refractivity contribution in [3.05, 3.63) is 75.6 Å². The van der Waals surface area contributed by atoms with Crippen LogP contribution in [0.25, 0.3) is 11.0 Å². The summed E-state index contributed by atoms with van der Waals surface area (Å²) in [6, 6.07) is 14.4. The number of methoxy groups -OCH3 is 1. The van der Waals surface area contributed by atoms with Gasteiger partial charge in [0.15, 0.2) is 11.2 Å². The van der Waals surface area contributed by atoms with Crippen LogP contribution in [0.2, 0.25) is 0 Å². The molecular weight excluding hydrogens is 396 g/mol. The molecule has 162 valence electrons. The molecule has 2 aromatic carbocycles. The fourth-order valence-electron chi connectivity index (χ4n) is 3.82. The van der Waals surface area contributed by atoms with E-state index in [0.717, 1.165) is 30.0 Å². The molecule has 0 unspecified atom stereocenters. The minimum Gasteiger partial charge on any atom is -0.497 e. The molecule has 1 aliphatic heterocycles. The van der Waals surface area contributed by atoms with Gasteiger partial charge in [0.25, 0.3) is 5.91 Å². The van der Waals surface area contributed by atoms with Gasteiger partial charge in [-0.05, 0) is 42.3 Å². The Morgan fingerprint density at radius 3 is 2.58 bits per heavy atom. The number of hydrogen-bond donors (Lipinski definition) is 1. The number of amides is 1. The highest BCUT2D eigenvalue weighted by molar-refractivity contribution is 5.93. The topological polar surface area (TPSA) is 81.0 Å². The summed E-state index contributed by atoms with van der Waals surface area (Å²) in [5.74, 6) is 0.382. The second kappa shape index (κ2) is 9.32. The first-order valence-electron chi connectivity index (χ1n) is 10.3. The number of benzene rings is 2. The summed E-state index contributed by atoms with van der Waals surface area (Å²) in [4.78, 5) is 27.5.